The van der Waals surface area contributed by atoms with E-state index < -0.39 is 0 Å². The highest BCUT2D eigenvalue weighted by atomic mass is 16.7. The Hall–Kier alpha value is -3.15. The molecule has 136 valence electrons. The number of carbonyl (C=O) groups is 1. The minimum Gasteiger partial charge on any atom is -0.497 e. The van der Waals surface area contributed by atoms with Gasteiger partial charge in [-0.25, -0.2) is 0 Å². The van der Waals surface area contributed by atoms with Crippen LogP contribution in [0.2, 0.25) is 0 Å². The number of benzene rings is 2. The van der Waals surface area contributed by atoms with E-state index in [2.05, 4.69) is 5.32 Å². The smallest absolute Gasteiger partial charge is 0.244 e. The lowest BCUT2D eigenvalue weighted by Crippen LogP contribution is -2.20. The normalized spacial score (nSPS) is 12.7. The van der Waals surface area contributed by atoms with Crippen molar-refractivity contribution in [2.45, 2.75) is 13.5 Å². The van der Waals surface area contributed by atoms with Crippen LogP contribution in [-0.2, 0) is 11.3 Å². The second-order valence-corrected chi connectivity index (χ2v) is 5.80. The molecule has 2 aromatic rings. The first kappa shape index (κ1) is 17.7. The lowest BCUT2D eigenvalue weighted by molar-refractivity contribution is -0.116. The summed E-state index contributed by atoms with van der Waals surface area (Å²) in [6.07, 6.45) is 1.55. The lowest BCUT2D eigenvalue weighted by Gasteiger charge is -2.11. The zero-order valence-electron chi connectivity index (χ0n) is 15.0. The molecule has 1 N–H and O–H groups in total. The number of fused-ring (bicyclic) bond motifs is 1. The summed E-state index contributed by atoms with van der Waals surface area (Å²) in [6, 6.07) is 11.1. The SMILES string of the molecule is COc1ccc(/C(C)=C/C(=O)NCc2ccc3c(c2)OCO3)c(OC)c1. The molecule has 1 aliphatic heterocycles. The van der Waals surface area contributed by atoms with E-state index >= 15 is 0 Å². The van der Waals surface area contributed by atoms with Crippen LogP contribution in [0.5, 0.6) is 23.0 Å². The van der Waals surface area contributed by atoms with Crippen LogP contribution < -0.4 is 24.3 Å². The van der Waals surface area contributed by atoms with Gasteiger partial charge in [0.25, 0.3) is 0 Å². The molecule has 3 rings (SSSR count). The van der Waals surface area contributed by atoms with Gasteiger partial charge in [-0.2, -0.15) is 0 Å². The van der Waals surface area contributed by atoms with Gasteiger partial charge in [0, 0.05) is 24.3 Å². The summed E-state index contributed by atoms with van der Waals surface area (Å²) in [4.78, 5) is 12.2. The summed E-state index contributed by atoms with van der Waals surface area (Å²) < 4.78 is 21.2. The van der Waals surface area contributed by atoms with Crippen LogP contribution in [0.3, 0.4) is 0 Å². The molecular formula is C20H21NO5. The maximum Gasteiger partial charge on any atom is 0.244 e. The molecule has 1 aliphatic rings. The zero-order chi connectivity index (χ0) is 18.5. The number of methoxy groups -OCH3 is 2. The van der Waals surface area contributed by atoms with Crippen LogP contribution >= 0.6 is 0 Å². The Bertz CT molecular complexity index is 844. The largest absolute Gasteiger partial charge is 0.497 e. The van der Waals surface area contributed by atoms with E-state index in [4.69, 9.17) is 18.9 Å². The fraction of sp³-hybridized carbons (Fsp3) is 0.250. The Morgan fingerprint density at radius 3 is 2.69 bits per heavy atom. The molecule has 0 atom stereocenters. The van der Waals surface area contributed by atoms with Crippen LogP contribution in [0.4, 0.5) is 0 Å². The Morgan fingerprint density at radius 1 is 1.12 bits per heavy atom. The number of nitrogens with one attached hydrogen (secondary N) is 1. The van der Waals surface area contributed by atoms with E-state index in [0.29, 0.717) is 23.8 Å². The molecule has 0 spiro atoms. The average molecular weight is 355 g/mol. The Balaban J connectivity index is 1.66. The standard InChI is InChI=1S/C20H21NO5/c1-13(16-6-5-15(23-2)10-18(16)24-3)8-20(22)21-11-14-4-7-17-19(9-14)26-12-25-17/h4-10H,11-12H2,1-3H3,(H,21,22)/b13-8+. The minimum absolute atomic E-state index is 0.182. The number of rotatable bonds is 6. The van der Waals surface area contributed by atoms with Crippen molar-refractivity contribution >= 4 is 11.5 Å². The predicted octanol–water partition coefficient (Wildman–Crippen LogP) is 3.15. The van der Waals surface area contributed by atoms with E-state index in [9.17, 15) is 4.79 Å². The highest BCUT2D eigenvalue weighted by molar-refractivity contribution is 5.95. The third-order valence-corrected chi connectivity index (χ3v) is 4.08. The first-order chi connectivity index (χ1) is 12.6. The molecule has 0 bridgehead atoms. The van der Waals surface area contributed by atoms with Gasteiger partial charge in [0.1, 0.15) is 11.5 Å². The number of carbonyl (C=O) groups excluding carboxylic acids is 1. The van der Waals surface area contributed by atoms with E-state index in [0.717, 1.165) is 22.4 Å². The van der Waals surface area contributed by atoms with Crippen molar-refractivity contribution in [1.82, 2.24) is 5.32 Å². The Morgan fingerprint density at radius 2 is 1.92 bits per heavy atom. The first-order valence-corrected chi connectivity index (χ1v) is 8.17. The first-order valence-electron chi connectivity index (χ1n) is 8.17. The number of hydrogen-bond acceptors (Lipinski definition) is 5. The summed E-state index contributed by atoms with van der Waals surface area (Å²) in [7, 11) is 3.19. The quantitative estimate of drug-likeness (QED) is 0.807. The molecule has 1 heterocycles. The van der Waals surface area contributed by atoms with Gasteiger partial charge in [-0.05, 0) is 42.3 Å². The molecule has 0 radical (unpaired) electrons. The second kappa shape index (κ2) is 7.82. The number of amides is 1. The van der Waals surface area contributed by atoms with Gasteiger partial charge in [0.2, 0.25) is 12.7 Å². The number of hydrogen-bond donors (Lipinski definition) is 1. The predicted molar refractivity (Wildman–Crippen MR) is 97.6 cm³/mol. The van der Waals surface area contributed by atoms with Crippen LogP contribution in [0.15, 0.2) is 42.5 Å². The van der Waals surface area contributed by atoms with Crippen LogP contribution in [0.1, 0.15) is 18.1 Å². The van der Waals surface area contributed by atoms with Crippen molar-refractivity contribution in [2.24, 2.45) is 0 Å². The second-order valence-electron chi connectivity index (χ2n) is 5.80. The molecule has 2 aromatic carbocycles. The van der Waals surface area contributed by atoms with Crippen molar-refractivity contribution in [3.05, 3.63) is 53.6 Å². The zero-order valence-corrected chi connectivity index (χ0v) is 15.0. The summed E-state index contributed by atoms with van der Waals surface area (Å²) in [5.74, 6) is 2.60. The summed E-state index contributed by atoms with van der Waals surface area (Å²) in [5.41, 5.74) is 2.58. The highest BCUT2D eigenvalue weighted by Gasteiger charge is 2.13. The molecule has 0 fully saturated rings. The van der Waals surface area contributed by atoms with Gasteiger partial charge in [-0.1, -0.05) is 6.07 Å². The van der Waals surface area contributed by atoms with E-state index in [1.807, 2.05) is 37.3 Å². The molecule has 6 nitrogen and oxygen atoms in total. The summed E-state index contributed by atoms with van der Waals surface area (Å²) in [6.45, 7) is 2.50. The van der Waals surface area contributed by atoms with E-state index in [-0.39, 0.29) is 12.7 Å². The third kappa shape index (κ3) is 3.91. The van der Waals surface area contributed by atoms with Crippen molar-refractivity contribution in [1.29, 1.82) is 0 Å². The summed E-state index contributed by atoms with van der Waals surface area (Å²) in [5, 5.41) is 2.87. The maximum absolute atomic E-state index is 12.2. The van der Waals surface area contributed by atoms with Gasteiger partial charge < -0.3 is 24.3 Å². The molecule has 0 aromatic heterocycles. The fourth-order valence-corrected chi connectivity index (χ4v) is 2.69. The number of ether oxygens (including phenoxy) is 4. The highest BCUT2D eigenvalue weighted by Crippen LogP contribution is 2.32. The van der Waals surface area contributed by atoms with Crippen LogP contribution in [-0.4, -0.2) is 26.9 Å². The van der Waals surface area contributed by atoms with Gasteiger partial charge in [-0.15, -0.1) is 0 Å². The molecule has 26 heavy (non-hydrogen) atoms. The molecule has 0 saturated heterocycles. The molecule has 0 unspecified atom stereocenters. The van der Waals surface area contributed by atoms with Crippen LogP contribution in [0, 0.1) is 0 Å². The van der Waals surface area contributed by atoms with E-state index in [1.165, 1.54) is 0 Å². The van der Waals surface area contributed by atoms with Gasteiger partial charge >= 0.3 is 0 Å². The third-order valence-electron chi connectivity index (χ3n) is 4.08. The van der Waals surface area contributed by atoms with Crippen molar-refractivity contribution in [2.75, 3.05) is 21.0 Å². The van der Waals surface area contributed by atoms with Crippen molar-refractivity contribution in [3.8, 4) is 23.0 Å². The summed E-state index contributed by atoms with van der Waals surface area (Å²) >= 11 is 0. The van der Waals surface area contributed by atoms with Gasteiger partial charge in [0.05, 0.1) is 14.2 Å². The monoisotopic (exact) mass is 355 g/mol. The van der Waals surface area contributed by atoms with E-state index in [1.54, 1.807) is 26.4 Å². The molecule has 1 amide bonds. The lowest BCUT2D eigenvalue weighted by atomic mass is 10.1. The molecule has 0 aliphatic carbocycles. The van der Waals surface area contributed by atoms with Gasteiger partial charge in [0.15, 0.2) is 11.5 Å². The van der Waals surface area contributed by atoms with Crippen molar-refractivity contribution in [3.63, 3.8) is 0 Å². The molecular weight excluding hydrogens is 334 g/mol. The average Bonchev–Trinajstić information content (AvgIpc) is 3.13. The minimum atomic E-state index is -0.182. The number of allylic oxidation sites excluding steroid dienone is 1. The Labute approximate surface area is 152 Å². The Kier molecular flexibility index (Phi) is 5.31. The fourth-order valence-electron chi connectivity index (χ4n) is 2.69. The topological polar surface area (TPSA) is 66.0 Å². The van der Waals surface area contributed by atoms with Gasteiger partial charge in [-0.3, -0.25) is 4.79 Å². The molecule has 6 heteroatoms. The molecule has 0 saturated carbocycles. The van der Waals surface area contributed by atoms with Crippen LogP contribution in [0.25, 0.3) is 5.57 Å². The van der Waals surface area contributed by atoms with Crippen molar-refractivity contribution < 1.29 is 23.7 Å². The maximum atomic E-state index is 12.2.